The van der Waals surface area contributed by atoms with Gasteiger partial charge in [0, 0.05) is 12.0 Å². The first-order valence-electron chi connectivity index (χ1n) is 6.47. The molecule has 1 rings (SSSR count). The number of nitrogens with zero attached hydrogens (tertiary/aromatic N) is 3. The molecule has 0 amide bonds. The lowest BCUT2D eigenvalue weighted by Crippen LogP contribution is -2.27. The van der Waals surface area contributed by atoms with Crippen LogP contribution in [0.5, 0.6) is 0 Å². The summed E-state index contributed by atoms with van der Waals surface area (Å²) in [6.07, 6.45) is 0. The molecule has 0 spiro atoms. The minimum Gasteiger partial charge on any atom is -0.380 e. The van der Waals surface area contributed by atoms with Crippen LogP contribution in [-0.2, 0) is 10.2 Å². The molecule has 5 heteroatoms. The van der Waals surface area contributed by atoms with Crippen LogP contribution >= 0.6 is 11.6 Å². The molecule has 1 heterocycles. The van der Waals surface area contributed by atoms with E-state index in [4.69, 9.17) is 16.3 Å². The first-order chi connectivity index (χ1) is 8.29. The fourth-order valence-electron chi connectivity index (χ4n) is 1.88. The standard InChI is InChI=1S/C13H24ClN3O/c1-7-18-8-10(9(2)3)17-11(13(4,5)6)15-16-12(17)14/h9-10H,7-8H2,1-6H3. The van der Waals surface area contributed by atoms with E-state index in [1.807, 2.05) is 11.5 Å². The molecule has 1 atom stereocenters. The van der Waals surface area contributed by atoms with Crippen molar-refractivity contribution in [1.29, 1.82) is 0 Å². The summed E-state index contributed by atoms with van der Waals surface area (Å²) in [5, 5.41) is 8.68. The van der Waals surface area contributed by atoms with Gasteiger partial charge in [-0.25, -0.2) is 0 Å². The SMILES string of the molecule is CCOCC(C(C)C)n1c(Cl)nnc1C(C)(C)C. The summed E-state index contributed by atoms with van der Waals surface area (Å²) in [7, 11) is 0. The Bertz CT molecular complexity index is 382. The monoisotopic (exact) mass is 273 g/mol. The van der Waals surface area contributed by atoms with Gasteiger partial charge in [-0.05, 0) is 24.4 Å². The van der Waals surface area contributed by atoms with Crippen LogP contribution in [0.15, 0.2) is 0 Å². The summed E-state index contributed by atoms with van der Waals surface area (Å²) in [4.78, 5) is 0. The maximum atomic E-state index is 6.20. The summed E-state index contributed by atoms with van der Waals surface area (Å²) < 4.78 is 7.58. The Morgan fingerprint density at radius 1 is 1.28 bits per heavy atom. The highest BCUT2D eigenvalue weighted by atomic mass is 35.5. The normalized spacial score (nSPS) is 14.2. The van der Waals surface area contributed by atoms with Gasteiger partial charge in [0.25, 0.3) is 0 Å². The van der Waals surface area contributed by atoms with Crippen molar-refractivity contribution in [3.8, 4) is 0 Å². The topological polar surface area (TPSA) is 39.9 Å². The number of aromatic nitrogens is 3. The lowest BCUT2D eigenvalue weighted by atomic mass is 9.94. The molecule has 0 bridgehead atoms. The first kappa shape index (κ1) is 15.4. The van der Waals surface area contributed by atoms with E-state index in [1.54, 1.807) is 0 Å². The molecule has 0 aliphatic heterocycles. The van der Waals surface area contributed by atoms with E-state index in [0.29, 0.717) is 24.4 Å². The Morgan fingerprint density at radius 2 is 1.89 bits per heavy atom. The molecule has 104 valence electrons. The third-order valence-electron chi connectivity index (χ3n) is 2.92. The summed E-state index contributed by atoms with van der Waals surface area (Å²) in [6, 6.07) is 0.168. The quantitative estimate of drug-likeness (QED) is 0.825. The Balaban J connectivity index is 3.15. The molecule has 1 unspecified atom stereocenters. The lowest BCUT2D eigenvalue weighted by molar-refractivity contribution is 0.0941. The Labute approximate surface area is 115 Å². The predicted molar refractivity (Wildman–Crippen MR) is 74.1 cm³/mol. The van der Waals surface area contributed by atoms with Gasteiger partial charge in [0.1, 0.15) is 5.82 Å². The van der Waals surface area contributed by atoms with Crippen LogP contribution in [0.4, 0.5) is 0 Å². The van der Waals surface area contributed by atoms with Crippen molar-refractivity contribution in [3.63, 3.8) is 0 Å². The summed E-state index contributed by atoms with van der Waals surface area (Å²) >= 11 is 6.20. The smallest absolute Gasteiger partial charge is 0.225 e. The van der Waals surface area contributed by atoms with Gasteiger partial charge in [-0.2, -0.15) is 0 Å². The summed E-state index contributed by atoms with van der Waals surface area (Å²) in [5.41, 5.74) is -0.0838. The van der Waals surface area contributed by atoms with E-state index >= 15 is 0 Å². The molecule has 1 aromatic rings. The van der Waals surface area contributed by atoms with Gasteiger partial charge in [0.2, 0.25) is 5.28 Å². The third kappa shape index (κ3) is 3.45. The number of hydrogen-bond donors (Lipinski definition) is 0. The van der Waals surface area contributed by atoms with E-state index < -0.39 is 0 Å². The number of halogens is 1. The van der Waals surface area contributed by atoms with Crippen LogP contribution in [0.25, 0.3) is 0 Å². The number of rotatable bonds is 5. The van der Waals surface area contributed by atoms with Crippen molar-refractivity contribution in [3.05, 3.63) is 11.1 Å². The van der Waals surface area contributed by atoms with Crippen molar-refractivity contribution in [2.45, 2.75) is 53.0 Å². The maximum absolute atomic E-state index is 6.20. The minimum atomic E-state index is -0.0838. The van der Waals surface area contributed by atoms with E-state index in [0.717, 1.165) is 5.82 Å². The maximum Gasteiger partial charge on any atom is 0.225 e. The highest BCUT2D eigenvalue weighted by Crippen LogP contribution is 2.30. The molecular formula is C13H24ClN3O. The van der Waals surface area contributed by atoms with Crippen LogP contribution in [0.2, 0.25) is 5.28 Å². The zero-order valence-electron chi connectivity index (χ0n) is 12.2. The van der Waals surface area contributed by atoms with Crippen molar-refractivity contribution < 1.29 is 4.74 Å². The second-order valence-corrected chi connectivity index (χ2v) is 6.22. The van der Waals surface area contributed by atoms with Crippen molar-refractivity contribution in [2.24, 2.45) is 5.92 Å². The van der Waals surface area contributed by atoms with Gasteiger partial charge in [0.15, 0.2) is 0 Å². The third-order valence-corrected chi connectivity index (χ3v) is 3.18. The van der Waals surface area contributed by atoms with Crippen LogP contribution in [-0.4, -0.2) is 28.0 Å². The highest BCUT2D eigenvalue weighted by molar-refractivity contribution is 6.28. The average molecular weight is 274 g/mol. The molecular weight excluding hydrogens is 250 g/mol. The van der Waals surface area contributed by atoms with Crippen LogP contribution in [0, 0.1) is 5.92 Å². The average Bonchev–Trinajstić information content (AvgIpc) is 2.60. The molecule has 0 aliphatic rings. The zero-order chi connectivity index (χ0) is 13.9. The Morgan fingerprint density at radius 3 is 2.33 bits per heavy atom. The van der Waals surface area contributed by atoms with Gasteiger partial charge in [-0.1, -0.05) is 34.6 Å². The number of hydrogen-bond acceptors (Lipinski definition) is 3. The van der Waals surface area contributed by atoms with Crippen molar-refractivity contribution in [1.82, 2.24) is 14.8 Å². The van der Waals surface area contributed by atoms with Crippen LogP contribution in [0.1, 0.15) is 53.4 Å². The lowest BCUT2D eigenvalue weighted by Gasteiger charge is -2.28. The molecule has 0 saturated heterocycles. The molecule has 1 aromatic heterocycles. The van der Waals surface area contributed by atoms with Gasteiger partial charge < -0.3 is 4.74 Å². The van der Waals surface area contributed by atoms with E-state index in [1.165, 1.54) is 0 Å². The van der Waals surface area contributed by atoms with E-state index in [9.17, 15) is 0 Å². The van der Waals surface area contributed by atoms with Gasteiger partial charge in [-0.3, -0.25) is 4.57 Å². The van der Waals surface area contributed by atoms with Crippen molar-refractivity contribution in [2.75, 3.05) is 13.2 Å². The van der Waals surface area contributed by atoms with E-state index in [2.05, 4.69) is 44.8 Å². The van der Waals surface area contributed by atoms with Gasteiger partial charge >= 0.3 is 0 Å². The van der Waals surface area contributed by atoms with Crippen molar-refractivity contribution >= 4 is 11.6 Å². The van der Waals surface area contributed by atoms with Crippen LogP contribution < -0.4 is 0 Å². The predicted octanol–water partition coefficient (Wildman–Crippen LogP) is 3.46. The molecule has 0 fully saturated rings. The number of ether oxygens (including phenoxy) is 1. The molecule has 0 N–H and O–H groups in total. The minimum absolute atomic E-state index is 0.0838. The molecule has 0 aliphatic carbocycles. The van der Waals surface area contributed by atoms with Gasteiger partial charge in [0.05, 0.1) is 12.6 Å². The fraction of sp³-hybridized carbons (Fsp3) is 0.846. The Kier molecular flexibility index (Phi) is 5.17. The largest absolute Gasteiger partial charge is 0.380 e. The molecule has 0 radical (unpaired) electrons. The van der Waals surface area contributed by atoms with Gasteiger partial charge in [-0.15, -0.1) is 10.2 Å². The molecule has 0 saturated carbocycles. The Hall–Kier alpha value is -0.610. The second kappa shape index (κ2) is 6.02. The molecule has 4 nitrogen and oxygen atoms in total. The van der Waals surface area contributed by atoms with Crippen LogP contribution in [0.3, 0.4) is 0 Å². The highest BCUT2D eigenvalue weighted by Gasteiger charge is 2.29. The summed E-state index contributed by atoms with van der Waals surface area (Å²) in [6.45, 7) is 14.0. The summed E-state index contributed by atoms with van der Waals surface area (Å²) in [5.74, 6) is 1.32. The fourth-order valence-corrected chi connectivity index (χ4v) is 2.12. The zero-order valence-corrected chi connectivity index (χ0v) is 13.0. The second-order valence-electron chi connectivity index (χ2n) is 5.88. The molecule has 0 aromatic carbocycles. The molecule has 18 heavy (non-hydrogen) atoms. The van der Waals surface area contributed by atoms with E-state index in [-0.39, 0.29) is 11.5 Å². The first-order valence-corrected chi connectivity index (χ1v) is 6.85.